The second-order valence-electron chi connectivity index (χ2n) is 6.78. The second-order valence-corrected chi connectivity index (χ2v) is 6.78. The quantitative estimate of drug-likeness (QED) is 0.942. The Bertz CT molecular complexity index is 751. The Hall–Kier alpha value is -2.14. The van der Waals surface area contributed by atoms with Gasteiger partial charge in [0, 0.05) is 32.3 Å². The van der Waals surface area contributed by atoms with Gasteiger partial charge in [0.05, 0.1) is 5.69 Å². The fourth-order valence-corrected chi connectivity index (χ4v) is 3.30. The number of aliphatic hydroxyl groups excluding tert-OH is 1. The molecule has 5 nitrogen and oxygen atoms in total. The van der Waals surface area contributed by atoms with Crippen LogP contribution in [0.25, 0.3) is 11.3 Å². The zero-order chi connectivity index (χ0) is 17.3. The highest BCUT2D eigenvalue weighted by molar-refractivity contribution is 5.93. The summed E-state index contributed by atoms with van der Waals surface area (Å²) in [6.45, 7) is 5.67. The first-order chi connectivity index (χ1) is 11.5. The third-order valence-electron chi connectivity index (χ3n) is 4.97. The van der Waals surface area contributed by atoms with Crippen molar-refractivity contribution in [2.24, 2.45) is 13.0 Å². The van der Waals surface area contributed by atoms with Crippen LogP contribution in [-0.4, -0.2) is 45.4 Å². The van der Waals surface area contributed by atoms with E-state index in [1.165, 1.54) is 11.1 Å². The van der Waals surface area contributed by atoms with Crippen molar-refractivity contribution >= 4 is 5.91 Å². The monoisotopic (exact) mass is 327 g/mol. The summed E-state index contributed by atoms with van der Waals surface area (Å²) in [5.74, 6) is 0.143. The number of rotatable bonds is 3. The lowest BCUT2D eigenvalue weighted by Gasteiger charge is -2.31. The van der Waals surface area contributed by atoms with Gasteiger partial charge in [0.15, 0.2) is 5.69 Å². The summed E-state index contributed by atoms with van der Waals surface area (Å²) >= 11 is 0. The Morgan fingerprint density at radius 1 is 1.29 bits per heavy atom. The molecule has 5 heteroatoms. The predicted molar refractivity (Wildman–Crippen MR) is 93.8 cm³/mol. The minimum Gasteiger partial charge on any atom is -0.396 e. The number of aryl methyl sites for hydroxylation is 3. The smallest absolute Gasteiger partial charge is 0.274 e. The van der Waals surface area contributed by atoms with Crippen LogP contribution in [0.3, 0.4) is 0 Å². The lowest BCUT2D eigenvalue weighted by molar-refractivity contribution is 0.0614. The minimum absolute atomic E-state index is 0.0427. The summed E-state index contributed by atoms with van der Waals surface area (Å²) < 4.78 is 1.77. The molecule has 0 saturated carbocycles. The molecule has 1 aromatic carbocycles. The number of amides is 1. The third kappa shape index (κ3) is 3.22. The number of carbonyl (C=O) groups excluding carboxylic acids is 1. The van der Waals surface area contributed by atoms with E-state index in [9.17, 15) is 9.90 Å². The number of hydrogen-bond donors (Lipinski definition) is 1. The first-order valence-corrected chi connectivity index (χ1v) is 8.51. The van der Waals surface area contributed by atoms with Gasteiger partial charge in [-0.15, -0.1) is 0 Å². The standard InChI is InChI=1S/C19H25N3O2/c1-13-6-7-16(9-14(13)2)18-10-17(20-21(18)3)19(24)22-8-4-5-15(11-22)12-23/h6-7,9-10,15,23H,4-5,8,11-12H2,1-3H3. The van der Waals surface area contributed by atoms with Crippen molar-refractivity contribution in [3.05, 3.63) is 41.1 Å². The van der Waals surface area contributed by atoms with Gasteiger partial charge in [0.2, 0.25) is 0 Å². The van der Waals surface area contributed by atoms with Crippen molar-refractivity contribution < 1.29 is 9.90 Å². The Morgan fingerprint density at radius 3 is 2.79 bits per heavy atom. The van der Waals surface area contributed by atoms with E-state index >= 15 is 0 Å². The molecule has 1 fully saturated rings. The van der Waals surface area contributed by atoms with E-state index < -0.39 is 0 Å². The lowest BCUT2D eigenvalue weighted by atomic mass is 9.99. The molecule has 1 atom stereocenters. The third-order valence-corrected chi connectivity index (χ3v) is 4.97. The maximum atomic E-state index is 12.7. The van der Waals surface area contributed by atoms with Crippen molar-refractivity contribution in [2.75, 3.05) is 19.7 Å². The van der Waals surface area contributed by atoms with Crippen LogP contribution in [0.5, 0.6) is 0 Å². The normalized spacial score (nSPS) is 18.0. The first-order valence-electron chi connectivity index (χ1n) is 8.51. The molecule has 1 unspecified atom stereocenters. The average Bonchev–Trinajstić information content (AvgIpc) is 2.98. The van der Waals surface area contributed by atoms with E-state index in [-0.39, 0.29) is 18.4 Å². The molecule has 1 amide bonds. The SMILES string of the molecule is Cc1ccc(-c2cc(C(=O)N3CCCC(CO)C3)nn2C)cc1C. The van der Waals surface area contributed by atoms with E-state index in [4.69, 9.17) is 0 Å². The summed E-state index contributed by atoms with van der Waals surface area (Å²) in [7, 11) is 1.87. The van der Waals surface area contributed by atoms with Crippen LogP contribution in [0, 0.1) is 19.8 Å². The van der Waals surface area contributed by atoms with Gasteiger partial charge >= 0.3 is 0 Å². The number of aliphatic hydroxyl groups is 1. The van der Waals surface area contributed by atoms with Crippen LogP contribution in [0.15, 0.2) is 24.3 Å². The molecule has 0 aliphatic carbocycles. The van der Waals surface area contributed by atoms with E-state index in [1.807, 2.05) is 18.0 Å². The molecule has 2 heterocycles. The highest BCUT2D eigenvalue weighted by atomic mass is 16.3. The van der Waals surface area contributed by atoms with Gasteiger partial charge in [-0.25, -0.2) is 0 Å². The van der Waals surface area contributed by atoms with Gasteiger partial charge in [-0.1, -0.05) is 12.1 Å². The first kappa shape index (κ1) is 16.7. The van der Waals surface area contributed by atoms with Crippen LogP contribution in [0.2, 0.25) is 0 Å². The number of nitrogens with zero attached hydrogens (tertiary/aromatic N) is 3. The summed E-state index contributed by atoms with van der Waals surface area (Å²) in [5.41, 5.74) is 4.96. The zero-order valence-corrected chi connectivity index (χ0v) is 14.6. The summed E-state index contributed by atoms with van der Waals surface area (Å²) in [5, 5.41) is 13.8. The molecule has 1 N–H and O–H groups in total. The largest absolute Gasteiger partial charge is 0.396 e. The van der Waals surface area contributed by atoms with Crippen molar-refractivity contribution in [2.45, 2.75) is 26.7 Å². The van der Waals surface area contributed by atoms with Gasteiger partial charge < -0.3 is 10.0 Å². The van der Waals surface area contributed by atoms with Gasteiger partial charge in [0.1, 0.15) is 0 Å². The molecule has 1 saturated heterocycles. The molecule has 0 spiro atoms. The van der Waals surface area contributed by atoms with Crippen molar-refractivity contribution in [3.63, 3.8) is 0 Å². The van der Waals surface area contributed by atoms with Crippen LogP contribution in [0.1, 0.15) is 34.5 Å². The molecule has 0 radical (unpaired) electrons. The van der Waals surface area contributed by atoms with Gasteiger partial charge in [-0.2, -0.15) is 5.10 Å². The number of hydrogen-bond acceptors (Lipinski definition) is 3. The molecular weight excluding hydrogens is 302 g/mol. The Balaban J connectivity index is 1.85. The van der Waals surface area contributed by atoms with Crippen LogP contribution in [0.4, 0.5) is 0 Å². The second kappa shape index (κ2) is 6.77. The number of aromatic nitrogens is 2. The fourth-order valence-electron chi connectivity index (χ4n) is 3.30. The molecule has 128 valence electrons. The number of carbonyl (C=O) groups is 1. The van der Waals surface area contributed by atoms with E-state index in [2.05, 4.69) is 37.1 Å². The molecule has 1 aliphatic heterocycles. The van der Waals surface area contributed by atoms with Gasteiger partial charge in [-0.05, 0) is 55.9 Å². The predicted octanol–water partition coefficient (Wildman–Crippen LogP) is 2.55. The minimum atomic E-state index is -0.0427. The Labute approximate surface area is 142 Å². The van der Waals surface area contributed by atoms with Gasteiger partial charge in [-0.3, -0.25) is 9.48 Å². The number of likely N-dealkylation sites (tertiary alicyclic amines) is 1. The highest BCUT2D eigenvalue weighted by Gasteiger charge is 2.26. The molecule has 1 aromatic heterocycles. The molecule has 3 rings (SSSR count). The zero-order valence-electron chi connectivity index (χ0n) is 14.6. The fraction of sp³-hybridized carbons (Fsp3) is 0.474. The van der Waals surface area contributed by atoms with Gasteiger partial charge in [0.25, 0.3) is 5.91 Å². The number of benzene rings is 1. The average molecular weight is 327 g/mol. The summed E-state index contributed by atoms with van der Waals surface area (Å²) in [6, 6.07) is 8.16. The van der Waals surface area contributed by atoms with E-state index in [0.29, 0.717) is 12.2 Å². The van der Waals surface area contributed by atoms with Crippen molar-refractivity contribution in [3.8, 4) is 11.3 Å². The summed E-state index contributed by atoms with van der Waals surface area (Å²) in [4.78, 5) is 14.6. The molecular formula is C19H25N3O2. The number of piperidine rings is 1. The summed E-state index contributed by atoms with van der Waals surface area (Å²) in [6.07, 6.45) is 1.92. The topological polar surface area (TPSA) is 58.4 Å². The van der Waals surface area contributed by atoms with Crippen LogP contribution < -0.4 is 0 Å². The van der Waals surface area contributed by atoms with Crippen LogP contribution >= 0.6 is 0 Å². The maximum Gasteiger partial charge on any atom is 0.274 e. The molecule has 1 aliphatic rings. The van der Waals surface area contributed by atoms with Crippen molar-refractivity contribution in [1.29, 1.82) is 0 Å². The van der Waals surface area contributed by atoms with E-state index in [0.717, 1.165) is 30.6 Å². The highest BCUT2D eigenvalue weighted by Crippen LogP contribution is 2.24. The van der Waals surface area contributed by atoms with Crippen LogP contribution in [-0.2, 0) is 7.05 Å². The Morgan fingerprint density at radius 2 is 2.08 bits per heavy atom. The maximum absolute atomic E-state index is 12.7. The lowest BCUT2D eigenvalue weighted by Crippen LogP contribution is -2.41. The molecule has 24 heavy (non-hydrogen) atoms. The van der Waals surface area contributed by atoms with E-state index in [1.54, 1.807) is 4.68 Å². The molecule has 2 aromatic rings. The Kier molecular flexibility index (Phi) is 4.71. The molecule has 0 bridgehead atoms. The van der Waals surface area contributed by atoms with Crippen molar-refractivity contribution in [1.82, 2.24) is 14.7 Å².